The van der Waals surface area contributed by atoms with E-state index in [1.165, 1.54) is 11.3 Å². The Morgan fingerprint density at radius 1 is 1.23 bits per heavy atom. The first-order chi connectivity index (χ1) is 12.5. The molecule has 3 amide bonds. The minimum absolute atomic E-state index is 0.0316. The number of nitrogens with one attached hydrogen (secondary N) is 2. The maximum absolute atomic E-state index is 12.1. The van der Waals surface area contributed by atoms with Gasteiger partial charge >= 0.3 is 0 Å². The van der Waals surface area contributed by atoms with Crippen LogP contribution in [0.5, 0.6) is 0 Å². The first kappa shape index (κ1) is 18.1. The summed E-state index contributed by atoms with van der Waals surface area (Å²) >= 11 is 1.46. The zero-order valence-electron chi connectivity index (χ0n) is 14.6. The lowest BCUT2D eigenvalue weighted by Gasteiger charge is -2.29. The molecule has 2 heterocycles. The Kier molecular flexibility index (Phi) is 5.68. The fourth-order valence-electron chi connectivity index (χ4n) is 3.01. The van der Waals surface area contributed by atoms with Crippen molar-refractivity contribution in [2.24, 2.45) is 0 Å². The molecule has 26 heavy (non-hydrogen) atoms. The van der Waals surface area contributed by atoms with Crippen LogP contribution in [0.15, 0.2) is 35.0 Å². The van der Waals surface area contributed by atoms with Gasteiger partial charge in [0.25, 0.3) is 5.91 Å². The molecule has 0 fully saturated rings. The molecule has 0 radical (unpaired) electrons. The SMILES string of the molecule is CC(=O)N1CCCc2cc(NC(=O)CCNC(=O)c3ccsc3)ccc21. The lowest BCUT2D eigenvalue weighted by atomic mass is 10.0. The minimum atomic E-state index is -0.169. The van der Waals surface area contributed by atoms with Crippen LogP contribution in [0.3, 0.4) is 0 Å². The van der Waals surface area contributed by atoms with Gasteiger partial charge in [0.1, 0.15) is 0 Å². The van der Waals surface area contributed by atoms with E-state index in [9.17, 15) is 14.4 Å². The third-order valence-corrected chi connectivity index (χ3v) is 4.97. The van der Waals surface area contributed by atoms with Gasteiger partial charge < -0.3 is 15.5 Å². The summed E-state index contributed by atoms with van der Waals surface area (Å²) in [7, 11) is 0. The molecule has 1 aliphatic rings. The highest BCUT2D eigenvalue weighted by atomic mass is 32.1. The first-order valence-corrected chi connectivity index (χ1v) is 9.50. The van der Waals surface area contributed by atoms with E-state index in [0.717, 1.165) is 30.6 Å². The molecular weight excluding hydrogens is 350 g/mol. The van der Waals surface area contributed by atoms with Gasteiger partial charge in [-0.25, -0.2) is 0 Å². The van der Waals surface area contributed by atoms with Crippen molar-refractivity contribution in [1.29, 1.82) is 0 Å². The highest BCUT2D eigenvalue weighted by molar-refractivity contribution is 7.08. The van der Waals surface area contributed by atoms with Crippen LogP contribution in [0, 0.1) is 0 Å². The quantitative estimate of drug-likeness (QED) is 0.848. The van der Waals surface area contributed by atoms with E-state index in [4.69, 9.17) is 0 Å². The number of aryl methyl sites for hydroxylation is 1. The molecule has 0 saturated heterocycles. The summed E-state index contributed by atoms with van der Waals surface area (Å²) in [4.78, 5) is 37.4. The van der Waals surface area contributed by atoms with Crippen molar-refractivity contribution in [3.8, 4) is 0 Å². The lowest BCUT2D eigenvalue weighted by molar-refractivity contribution is -0.117. The summed E-state index contributed by atoms with van der Waals surface area (Å²) in [5.41, 5.74) is 3.31. The maximum Gasteiger partial charge on any atom is 0.252 e. The molecule has 136 valence electrons. The molecular formula is C19H21N3O3S. The molecule has 7 heteroatoms. The Hall–Kier alpha value is -2.67. The van der Waals surface area contributed by atoms with E-state index in [-0.39, 0.29) is 30.7 Å². The van der Waals surface area contributed by atoms with Crippen molar-refractivity contribution in [1.82, 2.24) is 5.32 Å². The number of thiophene rings is 1. The minimum Gasteiger partial charge on any atom is -0.351 e. The number of carbonyl (C=O) groups excluding carboxylic acids is 3. The van der Waals surface area contributed by atoms with Crippen LogP contribution in [-0.4, -0.2) is 30.8 Å². The zero-order valence-corrected chi connectivity index (χ0v) is 15.4. The van der Waals surface area contributed by atoms with Crippen LogP contribution in [0.25, 0.3) is 0 Å². The molecule has 6 nitrogen and oxygen atoms in total. The predicted molar refractivity (Wildman–Crippen MR) is 103 cm³/mol. The maximum atomic E-state index is 12.1. The fourth-order valence-corrected chi connectivity index (χ4v) is 3.65. The summed E-state index contributed by atoms with van der Waals surface area (Å²) in [5, 5.41) is 9.19. The van der Waals surface area contributed by atoms with Crippen LogP contribution in [0.1, 0.15) is 35.7 Å². The molecule has 0 aliphatic carbocycles. The normalized spacial score (nSPS) is 13.0. The van der Waals surface area contributed by atoms with Gasteiger partial charge in [-0.2, -0.15) is 11.3 Å². The van der Waals surface area contributed by atoms with Crippen LogP contribution in [0.4, 0.5) is 11.4 Å². The third kappa shape index (κ3) is 4.29. The number of carbonyl (C=O) groups is 3. The Bertz CT molecular complexity index is 817. The van der Waals surface area contributed by atoms with Crippen molar-refractivity contribution >= 4 is 40.4 Å². The highest BCUT2D eigenvalue weighted by Crippen LogP contribution is 2.29. The average molecular weight is 371 g/mol. The van der Waals surface area contributed by atoms with E-state index in [2.05, 4.69) is 10.6 Å². The topological polar surface area (TPSA) is 78.5 Å². The van der Waals surface area contributed by atoms with Gasteiger partial charge in [-0.15, -0.1) is 0 Å². The highest BCUT2D eigenvalue weighted by Gasteiger charge is 2.20. The van der Waals surface area contributed by atoms with Gasteiger partial charge in [-0.3, -0.25) is 14.4 Å². The standard InChI is InChI=1S/C19H21N3O3S/c1-13(23)22-9-2-3-14-11-16(4-5-17(14)22)21-18(24)6-8-20-19(25)15-7-10-26-12-15/h4-5,7,10-12H,2-3,6,8-9H2,1H3,(H,20,25)(H,21,24). The number of amides is 3. The summed E-state index contributed by atoms with van der Waals surface area (Å²) in [6.45, 7) is 2.58. The Morgan fingerprint density at radius 3 is 2.81 bits per heavy atom. The van der Waals surface area contributed by atoms with Crippen LogP contribution in [0.2, 0.25) is 0 Å². The molecule has 1 aromatic heterocycles. The largest absolute Gasteiger partial charge is 0.351 e. The van der Waals surface area contributed by atoms with E-state index in [1.54, 1.807) is 23.3 Å². The second kappa shape index (κ2) is 8.14. The number of benzene rings is 1. The molecule has 0 bridgehead atoms. The molecule has 0 atom stereocenters. The summed E-state index contributed by atoms with van der Waals surface area (Å²) in [5.74, 6) is -0.295. The van der Waals surface area contributed by atoms with Crippen molar-refractivity contribution in [2.45, 2.75) is 26.2 Å². The number of fused-ring (bicyclic) bond motifs is 1. The summed E-state index contributed by atoms with van der Waals surface area (Å²) in [6, 6.07) is 7.36. The predicted octanol–water partition coefficient (Wildman–Crippen LogP) is 2.81. The third-order valence-electron chi connectivity index (χ3n) is 4.28. The zero-order chi connectivity index (χ0) is 18.5. The van der Waals surface area contributed by atoms with Crippen LogP contribution in [-0.2, 0) is 16.0 Å². The monoisotopic (exact) mass is 371 g/mol. The molecule has 0 spiro atoms. The fraction of sp³-hybridized carbons (Fsp3) is 0.316. The van der Waals surface area contributed by atoms with Crippen LogP contribution >= 0.6 is 11.3 Å². The molecule has 1 aromatic carbocycles. The number of anilines is 2. The second-order valence-corrected chi connectivity index (χ2v) is 6.96. The van der Waals surface area contributed by atoms with Crippen LogP contribution < -0.4 is 15.5 Å². The Balaban J connectivity index is 1.53. The number of hydrogen-bond acceptors (Lipinski definition) is 4. The molecule has 1 aliphatic heterocycles. The molecule has 2 N–H and O–H groups in total. The number of rotatable bonds is 5. The van der Waals surface area contributed by atoms with Crippen molar-refractivity contribution in [3.05, 3.63) is 46.2 Å². The average Bonchev–Trinajstić information content (AvgIpc) is 3.15. The molecule has 3 rings (SSSR count). The Labute approximate surface area is 156 Å². The van der Waals surface area contributed by atoms with E-state index in [1.807, 2.05) is 23.6 Å². The molecule has 0 saturated carbocycles. The molecule has 2 aromatic rings. The summed E-state index contributed by atoms with van der Waals surface area (Å²) in [6.07, 6.45) is 2.00. The number of nitrogens with zero attached hydrogens (tertiary/aromatic N) is 1. The van der Waals surface area contributed by atoms with Gasteiger partial charge in [0.15, 0.2) is 0 Å². The van der Waals surface area contributed by atoms with Crippen molar-refractivity contribution in [2.75, 3.05) is 23.3 Å². The van der Waals surface area contributed by atoms with E-state index < -0.39 is 0 Å². The van der Waals surface area contributed by atoms with E-state index >= 15 is 0 Å². The number of hydrogen-bond donors (Lipinski definition) is 2. The smallest absolute Gasteiger partial charge is 0.252 e. The lowest BCUT2D eigenvalue weighted by Crippen LogP contribution is -2.33. The van der Waals surface area contributed by atoms with Gasteiger partial charge in [0.2, 0.25) is 11.8 Å². The van der Waals surface area contributed by atoms with Crippen molar-refractivity contribution < 1.29 is 14.4 Å². The second-order valence-electron chi connectivity index (χ2n) is 6.18. The Morgan fingerprint density at radius 2 is 2.08 bits per heavy atom. The van der Waals surface area contributed by atoms with Gasteiger partial charge in [-0.1, -0.05) is 0 Å². The van der Waals surface area contributed by atoms with Gasteiger partial charge in [0, 0.05) is 48.8 Å². The van der Waals surface area contributed by atoms with Gasteiger partial charge in [-0.05, 0) is 48.1 Å². The summed E-state index contributed by atoms with van der Waals surface area (Å²) < 4.78 is 0. The van der Waals surface area contributed by atoms with Crippen molar-refractivity contribution in [3.63, 3.8) is 0 Å². The molecule has 0 unspecified atom stereocenters. The van der Waals surface area contributed by atoms with Gasteiger partial charge in [0.05, 0.1) is 0 Å². The first-order valence-electron chi connectivity index (χ1n) is 8.56. The van der Waals surface area contributed by atoms with E-state index in [0.29, 0.717) is 11.3 Å².